The van der Waals surface area contributed by atoms with Crippen LogP contribution in [-0.2, 0) is 0 Å². The summed E-state index contributed by atoms with van der Waals surface area (Å²) in [5.41, 5.74) is 2.01. The van der Waals surface area contributed by atoms with E-state index in [0.29, 0.717) is 0 Å². The van der Waals surface area contributed by atoms with Crippen molar-refractivity contribution >= 4 is 20.9 Å². The zero-order chi connectivity index (χ0) is 13.0. The van der Waals surface area contributed by atoms with Gasteiger partial charge in [-0.3, -0.25) is 0 Å². The first-order valence-electron chi connectivity index (χ1n) is 5.81. The van der Waals surface area contributed by atoms with Crippen LogP contribution < -0.4 is 4.43 Å². The Labute approximate surface area is 109 Å². The second-order valence-electron chi connectivity index (χ2n) is 4.26. The van der Waals surface area contributed by atoms with Crippen molar-refractivity contribution in [3.05, 3.63) is 47.9 Å². The van der Waals surface area contributed by atoms with Crippen LogP contribution >= 0.6 is 0 Å². The third-order valence-corrected chi connectivity index (χ3v) is 2.93. The predicted molar refractivity (Wildman–Crippen MR) is 75.3 cm³/mol. The standard InChI is InChI=1S/C14H16NO2Si/c1-11-6-7-13(14(9-11)17-18(2)3)15-10-12-5-4-8-16-12/h4-10H,1-3H3. The molecule has 0 unspecified atom stereocenters. The molecule has 1 aromatic carbocycles. The molecule has 0 atom stereocenters. The Morgan fingerprint density at radius 1 is 1.28 bits per heavy atom. The third kappa shape index (κ3) is 3.34. The number of hydrogen-bond acceptors (Lipinski definition) is 3. The lowest BCUT2D eigenvalue weighted by molar-refractivity contribution is 0.560. The van der Waals surface area contributed by atoms with Crippen LogP contribution in [0.1, 0.15) is 11.3 Å². The topological polar surface area (TPSA) is 34.7 Å². The molecule has 3 nitrogen and oxygen atoms in total. The molecule has 4 heteroatoms. The maximum absolute atomic E-state index is 5.85. The molecule has 1 heterocycles. The molecule has 0 saturated heterocycles. The predicted octanol–water partition coefficient (Wildman–Crippen LogP) is 3.97. The zero-order valence-electron chi connectivity index (χ0n) is 10.8. The minimum atomic E-state index is -0.794. The molecule has 0 fully saturated rings. The molecule has 0 aliphatic heterocycles. The molecule has 18 heavy (non-hydrogen) atoms. The summed E-state index contributed by atoms with van der Waals surface area (Å²) in [5.74, 6) is 1.58. The van der Waals surface area contributed by atoms with Crippen LogP contribution in [0, 0.1) is 6.92 Å². The van der Waals surface area contributed by atoms with Crippen LogP contribution in [0.15, 0.2) is 46.0 Å². The number of rotatable bonds is 4. The fourth-order valence-electron chi connectivity index (χ4n) is 1.53. The van der Waals surface area contributed by atoms with E-state index in [1.165, 1.54) is 5.56 Å². The number of aliphatic imine (C=N–C) groups is 1. The van der Waals surface area contributed by atoms with Gasteiger partial charge in [0, 0.05) is 0 Å². The van der Waals surface area contributed by atoms with Gasteiger partial charge in [-0.05, 0) is 49.8 Å². The average molecular weight is 258 g/mol. The van der Waals surface area contributed by atoms with E-state index in [-0.39, 0.29) is 0 Å². The second kappa shape index (κ2) is 5.69. The zero-order valence-corrected chi connectivity index (χ0v) is 11.8. The van der Waals surface area contributed by atoms with E-state index >= 15 is 0 Å². The highest BCUT2D eigenvalue weighted by Crippen LogP contribution is 2.29. The maximum Gasteiger partial charge on any atom is 0.274 e. The van der Waals surface area contributed by atoms with Crippen molar-refractivity contribution < 1.29 is 8.84 Å². The first-order valence-corrected chi connectivity index (χ1v) is 8.22. The van der Waals surface area contributed by atoms with Crippen LogP contribution in [0.5, 0.6) is 5.75 Å². The first kappa shape index (κ1) is 12.6. The van der Waals surface area contributed by atoms with Gasteiger partial charge in [0.15, 0.2) is 0 Å². The summed E-state index contributed by atoms with van der Waals surface area (Å²) in [5, 5.41) is 0. The van der Waals surface area contributed by atoms with Gasteiger partial charge in [0.2, 0.25) is 0 Å². The van der Waals surface area contributed by atoms with E-state index in [0.717, 1.165) is 17.2 Å². The number of benzene rings is 1. The smallest absolute Gasteiger partial charge is 0.274 e. The molecule has 93 valence electrons. The molecule has 0 saturated carbocycles. The molecule has 0 aliphatic rings. The highest BCUT2D eigenvalue weighted by atomic mass is 28.3. The van der Waals surface area contributed by atoms with Gasteiger partial charge in [0.1, 0.15) is 17.2 Å². The van der Waals surface area contributed by atoms with Crippen LogP contribution in [0.3, 0.4) is 0 Å². The second-order valence-corrected chi connectivity index (χ2v) is 6.28. The number of hydrogen-bond donors (Lipinski definition) is 0. The number of nitrogens with zero attached hydrogens (tertiary/aromatic N) is 1. The minimum Gasteiger partial charge on any atom is -0.541 e. The quantitative estimate of drug-likeness (QED) is 0.614. The molecule has 2 rings (SSSR count). The summed E-state index contributed by atoms with van der Waals surface area (Å²) in [6.45, 7) is 6.25. The molecule has 0 spiro atoms. The van der Waals surface area contributed by atoms with E-state index in [9.17, 15) is 0 Å². The van der Waals surface area contributed by atoms with Crippen molar-refractivity contribution in [2.75, 3.05) is 0 Å². The summed E-state index contributed by atoms with van der Waals surface area (Å²) in [4.78, 5) is 4.42. The molecule has 1 radical (unpaired) electrons. The summed E-state index contributed by atoms with van der Waals surface area (Å²) in [6, 6.07) is 9.72. The summed E-state index contributed by atoms with van der Waals surface area (Å²) in [7, 11) is -0.794. The summed E-state index contributed by atoms with van der Waals surface area (Å²) >= 11 is 0. The van der Waals surface area contributed by atoms with Gasteiger partial charge >= 0.3 is 0 Å². The number of furan rings is 1. The Kier molecular flexibility index (Phi) is 3.99. The fraction of sp³-hybridized carbons (Fsp3) is 0.214. The third-order valence-electron chi connectivity index (χ3n) is 2.30. The lowest BCUT2D eigenvalue weighted by Crippen LogP contribution is -2.11. The molecule has 0 aliphatic carbocycles. The van der Waals surface area contributed by atoms with Crippen molar-refractivity contribution in [3.63, 3.8) is 0 Å². The Balaban J connectivity index is 2.26. The van der Waals surface area contributed by atoms with Crippen LogP contribution in [0.4, 0.5) is 5.69 Å². The van der Waals surface area contributed by atoms with Crippen molar-refractivity contribution in [2.24, 2.45) is 4.99 Å². The molecule has 1 aromatic heterocycles. The van der Waals surface area contributed by atoms with Gasteiger partial charge < -0.3 is 8.84 Å². The average Bonchev–Trinajstić information content (AvgIpc) is 2.80. The van der Waals surface area contributed by atoms with Gasteiger partial charge in [-0.1, -0.05) is 6.07 Å². The SMILES string of the molecule is Cc1ccc(N=Cc2ccco2)c(O[Si](C)C)c1. The lowest BCUT2D eigenvalue weighted by Gasteiger charge is -2.11. The molecule has 0 N–H and O–H groups in total. The maximum atomic E-state index is 5.85. The van der Waals surface area contributed by atoms with Crippen molar-refractivity contribution in [1.82, 2.24) is 0 Å². The highest BCUT2D eigenvalue weighted by molar-refractivity contribution is 6.49. The summed E-state index contributed by atoms with van der Waals surface area (Å²) < 4.78 is 11.1. The number of aryl methyl sites for hydroxylation is 1. The van der Waals surface area contributed by atoms with Crippen LogP contribution in [-0.4, -0.2) is 15.3 Å². The van der Waals surface area contributed by atoms with Gasteiger partial charge in [-0.2, -0.15) is 0 Å². The van der Waals surface area contributed by atoms with Crippen molar-refractivity contribution in [2.45, 2.75) is 20.0 Å². The molecule has 0 amide bonds. The van der Waals surface area contributed by atoms with E-state index in [2.05, 4.69) is 18.1 Å². The molecule has 0 bridgehead atoms. The van der Waals surface area contributed by atoms with E-state index < -0.39 is 9.04 Å². The fourth-order valence-corrected chi connectivity index (χ4v) is 2.13. The Bertz CT molecular complexity index is 533. The van der Waals surface area contributed by atoms with Gasteiger partial charge in [-0.15, -0.1) is 0 Å². The molecular formula is C14H16NO2Si. The van der Waals surface area contributed by atoms with Gasteiger partial charge in [-0.25, -0.2) is 4.99 Å². The normalized spacial score (nSPS) is 11.3. The van der Waals surface area contributed by atoms with E-state index in [4.69, 9.17) is 8.84 Å². The Morgan fingerprint density at radius 3 is 2.72 bits per heavy atom. The lowest BCUT2D eigenvalue weighted by atomic mass is 10.2. The largest absolute Gasteiger partial charge is 0.541 e. The van der Waals surface area contributed by atoms with Crippen LogP contribution in [0.25, 0.3) is 0 Å². The van der Waals surface area contributed by atoms with Crippen molar-refractivity contribution in [3.8, 4) is 5.75 Å². The van der Waals surface area contributed by atoms with E-state index in [1.54, 1.807) is 12.5 Å². The highest BCUT2D eigenvalue weighted by Gasteiger charge is 2.06. The van der Waals surface area contributed by atoms with Crippen LogP contribution in [0.2, 0.25) is 13.1 Å². The summed E-state index contributed by atoms with van der Waals surface area (Å²) in [6.07, 6.45) is 3.34. The van der Waals surface area contributed by atoms with E-state index in [1.807, 2.05) is 37.3 Å². The Hall–Kier alpha value is -1.81. The monoisotopic (exact) mass is 258 g/mol. The minimum absolute atomic E-state index is 0.736. The first-order chi connectivity index (χ1) is 8.65. The molecular weight excluding hydrogens is 242 g/mol. The Morgan fingerprint density at radius 2 is 2.11 bits per heavy atom. The molecule has 2 aromatic rings. The van der Waals surface area contributed by atoms with Crippen molar-refractivity contribution in [1.29, 1.82) is 0 Å². The van der Waals surface area contributed by atoms with Gasteiger partial charge in [0.05, 0.1) is 12.5 Å². The van der Waals surface area contributed by atoms with Gasteiger partial charge in [0.25, 0.3) is 9.04 Å².